The molecule has 1 saturated heterocycles. The lowest BCUT2D eigenvalue weighted by Crippen LogP contribution is -2.49. The molecule has 0 unspecified atom stereocenters. The van der Waals surface area contributed by atoms with Crippen LogP contribution in [0.15, 0.2) is 53.4 Å². The van der Waals surface area contributed by atoms with Crippen molar-refractivity contribution in [2.75, 3.05) is 52.4 Å². The fourth-order valence-electron chi connectivity index (χ4n) is 3.80. The number of aromatic nitrogens is 2. The molecule has 1 aliphatic heterocycles. The third-order valence-electron chi connectivity index (χ3n) is 5.64. The van der Waals surface area contributed by atoms with Gasteiger partial charge in [-0.1, -0.05) is 0 Å². The molecule has 4 rings (SSSR count). The van der Waals surface area contributed by atoms with E-state index in [1.807, 2.05) is 23.1 Å². The van der Waals surface area contributed by atoms with Crippen molar-refractivity contribution in [1.82, 2.24) is 14.5 Å². The summed E-state index contributed by atoms with van der Waals surface area (Å²) in [6.45, 7) is 1.25. The normalized spacial score (nSPS) is 14.6. The number of sulfonamides is 1. The van der Waals surface area contributed by atoms with Crippen molar-refractivity contribution in [2.24, 2.45) is 0 Å². The Balaban J connectivity index is 1.49. The molecule has 2 heterocycles. The van der Waals surface area contributed by atoms with E-state index < -0.39 is 15.8 Å². The lowest BCUT2D eigenvalue weighted by atomic mass is 10.1. The maximum atomic E-state index is 13.7. The number of methoxy groups -OCH3 is 3. The Morgan fingerprint density at radius 2 is 1.53 bits per heavy atom. The largest absolute Gasteiger partial charge is 0.497 e. The molecule has 9 nitrogen and oxygen atoms in total. The number of piperazine rings is 1. The second-order valence-electron chi connectivity index (χ2n) is 7.53. The van der Waals surface area contributed by atoms with Crippen LogP contribution in [0.2, 0.25) is 0 Å². The van der Waals surface area contributed by atoms with Gasteiger partial charge in [0, 0.05) is 31.7 Å². The van der Waals surface area contributed by atoms with Gasteiger partial charge in [0.25, 0.3) is 0 Å². The lowest BCUT2D eigenvalue weighted by Gasteiger charge is -2.34. The third-order valence-corrected chi connectivity index (χ3v) is 7.56. The van der Waals surface area contributed by atoms with Crippen LogP contribution < -0.4 is 19.1 Å². The monoisotopic (exact) mass is 488 g/mol. The van der Waals surface area contributed by atoms with E-state index in [0.717, 1.165) is 11.6 Å². The number of hydrogen-bond donors (Lipinski definition) is 0. The highest BCUT2D eigenvalue weighted by Gasteiger charge is 2.31. The van der Waals surface area contributed by atoms with E-state index in [4.69, 9.17) is 14.2 Å². The Kier molecular flexibility index (Phi) is 6.85. The first-order valence-electron chi connectivity index (χ1n) is 10.5. The number of halogens is 1. The molecule has 0 amide bonds. The van der Waals surface area contributed by atoms with Gasteiger partial charge in [-0.15, -0.1) is 10.2 Å². The number of nitrogens with zero attached hydrogens (tertiary/aromatic N) is 4. The van der Waals surface area contributed by atoms with Crippen LogP contribution >= 0.6 is 0 Å². The van der Waals surface area contributed by atoms with Crippen LogP contribution in [0.4, 0.5) is 10.2 Å². The minimum absolute atomic E-state index is 0.109. The molecule has 2 aromatic carbocycles. The molecule has 3 aromatic rings. The first-order chi connectivity index (χ1) is 16.4. The maximum absolute atomic E-state index is 13.7. The average molecular weight is 489 g/mol. The zero-order valence-corrected chi connectivity index (χ0v) is 19.9. The molecule has 34 heavy (non-hydrogen) atoms. The molecule has 0 bridgehead atoms. The Bertz CT molecular complexity index is 1260. The molecule has 1 fully saturated rings. The molecule has 11 heteroatoms. The standard InChI is InChI=1S/C23H25FN4O5S/c1-31-17-5-8-20(32-2)18(15-17)19-6-9-23(26-25-19)27-10-12-28(13-11-27)34(29,30)22-14-16(24)4-7-21(22)33-3/h4-9,14-15H,10-13H2,1-3H3. The molecule has 1 aliphatic rings. The van der Waals surface area contributed by atoms with Crippen molar-refractivity contribution in [3.05, 3.63) is 54.3 Å². The minimum atomic E-state index is -3.91. The Morgan fingerprint density at radius 3 is 2.15 bits per heavy atom. The predicted octanol–water partition coefficient (Wildman–Crippen LogP) is 2.82. The van der Waals surface area contributed by atoms with Gasteiger partial charge >= 0.3 is 0 Å². The average Bonchev–Trinajstić information content (AvgIpc) is 2.88. The fourth-order valence-corrected chi connectivity index (χ4v) is 5.39. The van der Waals surface area contributed by atoms with Crippen molar-refractivity contribution in [3.8, 4) is 28.5 Å². The second-order valence-corrected chi connectivity index (χ2v) is 9.44. The van der Waals surface area contributed by atoms with Crippen LogP contribution in [0.25, 0.3) is 11.3 Å². The quantitative estimate of drug-likeness (QED) is 0.501. The Morgan fingerprint density at radius 1 is 0.824 bits per heavy atom. The predicted molar refractivity (Wildman–Crippen MR) is 124 cm³/mol. The van der Waals surface area contributed by atoms with Gasteiger partial charge in [0.2, 0.25) is 10.0 Å². The van der Waals surface area contributed by atoms with E-state index in [1.165, 1.54) is 23.5 Å². The van der Waals surface area contributed by atoms with E-state index in [0.29, 0.717) is 36.1 Å². The van der Waals surface area contributed by atoms with Gasteiger partial charge in [0.15, 0.2) is 5.82 Å². The van der Waals surface area contributed by atoms with Crippen molar-refractivity contribution in [3.63, 3.8) is 0 Å². The van der Waals surface area contributed by atoms with Gasteiger partial charge in [-0.25, -0.2) is 12.8 Å². The lowest BCUT2D eigenvalue weighted by molar-refractivity contribution is 0.372. The van der Waals surface area contributed by atoms with Gasteiger partial charge in [-0.2, -0.15) is 4.31 Å². The molecule has 0 saturated carbocycles. The molecule has 180 valence electrons. The Labute approximate surface area is 197 Å². The number of benzene rings is 2. The van der Waals surface area contributed by atoms with Crippen molar-refractivity contribution < 1.29 is 27.0 Å². The molecule has 0 N–H and O–H groups in total. The topological polar surface area (TPSA) is 94.1 Å². The highest BCUT2D eigenvalue weighted by molar-refractivity contribution is 7.89. The fraction of sp³-hybridized carbons (Fsp3) is 0.304. The maximum Gasteiger partial charge on any atom is 0.246 e. The first kappa shape index (κ1) is 23.7. The molecule has 1 aromatic heterocycles. The SMILES string of the molecule is COc1ccc(OC)c(-c2ccc(N3CCN(S(=O)(=O)c4cc(F)ccc4OC)CC3)nn2)c1. The molecule has 0 spiro atoms. The summed E-state index contributed by atoms with van der Waals surface area (Å²) in [5.41, 5.74) is 1.37. The van der Waals surface area contributed by atoms with Crippen LogP contribution in [0, 0.1) is 5.82 Å². The van der Waals surface area contributed by atoms with E-state index in [2.05, 4.69) is 10.2 Å². The number of anilines is 1. The summed E-state index contributed by atoms with van der Waals surface area (Å²) in [6.07, 6.45) is 0. The van der Waals surface area contributed by atoms with Gasteiger partial charge in [-0.3, -0.25) is 0 Å². The van der Waals surface area contributed by atoms with Crippen LogP contribution in [0.3, 0.4) is 0 Å². The highest BCUT2D eigenvalue weighted by Crippen LogP contribution is 2.33. The number of hydrogen-bond acceptors (Lipinski definition) is 8. The van der Waals surface area contributed by atoms with Crippen LogP contribution in [-0.2, 0) is 10.0 Å². The van der Waals surface area contributed by atoms with Crippen LogP contribution in [-0.4, -0.2) is 70.4 Å². The number of ether oxygens (including phenoxy) is 3. The van der Waals surface area contributed by atoms with Gasteiger partial charge < -0.3 is 19.1 Å². The Hall–Kier alpha value is -3.44. The highest BCUT2D eigenvalue weighted by atomic mass is 32.2. The summed E-state index contributed by atoms with van der Waals surface area (Å²) < 4.78 is 57.1. The van der Waals surface area contributed by atoms with E-state index in [9.17, 15) is 12.8 Å². The zero-order valence-electron chi connectivity index (χ0n) is 19.1. The van der Waals surface area contributed by atoms with E-state index >= 15 is 0 Å². The summed E-state index contributed by atoms with van der Waals surface area (Å²) in [5.74, 6) is 1.42. The summed E-state index contributed by atoms with van der Waals surface area (Å²) in [6, 6.07) is 12.6. The zero-order chi connectivity index (χ0) is 24.3. The van der Waals surface area contributed by atoms with E-state index in [1.54, 1.807) is 26.4 Å². The second kappa shape index (κ2) is 9.82. The summed E-state index contributed by atoms with van der Waals surface area (Å²) in [4.78, 5) is 1.77. The molecule has 0 aliphatic carbocycles. The smallest absolute Gasteiger partial charge is 0.246 e. The summed E-state index contributed by atoms with van der Waals surface area (Å²) >= 11 is 0. The minimum Gasteiger partial charge on any atom is -0.497 e. The van der Waals surface area contributed by atoms with Gasteiger partial charge in [0.05, 0.1) is 27.0 Å². The summed E-state index contributed by atoms with van der Waals surface area (Å²) in [7, 11) is 0.616. The third kappa shape index (κ3) is 4.62. The molecular weight excluding hydrogens is 463 g/mol. The van der Waals surface area contributed by atoms with Crippen molar-refractivity contribution in [1.29, 1.82) is 0 Å². The van der Waals surface area contributed by atoms with Crippen LogP contribution in [0.5, 0.6) is 17.2 Å². The van der Waals surface area contributed by atoms with E-state index in [-0.39, 0.29) is 23.7 Å². The van der Waals surface area contributed by atoms with Gasteiger partial charge in [0.1, 0.15) is 28.0 Å². The first-order valence-corrected chi connectivity index (χ1v) is 12.0. The molecule has 0 atom stereocenters. The van der Waals surface area contributed by atoms with Crippen molar-refractivity contribution in [2.45, 2.75) is 4.90 Å². The van der Waals surface area contributed by atoms with Gasteiger partial charge in [-0.05, 0) is 48.5 Å². The molecule has 0 radical (unpaired) electrons. The summed E-state index contributed by atoms with van der Waals surface area (Å²) in [5, 5.41) is 8.67. The van der Waals surface area contributed by atoms with Crippen LogP contribution in [0.1, 0.15) is 0 Å². The molecular formula is C23H25FN4O5S. The number of rotatable bonds is 7. The van der Waals surface area contributed by atoms with Crippen molar-refractivity contribution >= 4 is 15.8 Å².